The number of nitrogens with zero attached hydrogens (tertiary/aromatic N) is 3. The second-order valence-electron chi connectivity index (χ2n) is 11.2. The first-order valence-corrected chi connectivity index (χ1v) is 14.5. The minimum atomic E-state index is -0.0333. The average molecular weight is 745 g/mol. The molecule has 3 heterocycles. The van der Waals surface area contributed by atoms with Crippen molar-refractivity contribution >= 4 is 33.2 Å². The van der Waals surface area contributed by atoms with E-state index in [1.54, 1.807) is 0 Å². The van der Waals surface area contributed by atoms with E-state index in [1.807, 2.05) is 48.8 Å². The standard InChI is InChI=1S/C24H16N2.C16H14N.Ir/c1-3-7-17(8-4-1)19-13-15-25-23-21(19)11-12-22-20(14-16-26-24(22)23)18-9-5-2-6-10-18;1-16(2)13-10-6-7-11-14(13)17-15(16)12-8-4-3-5-9-12;/h1-16H;3-8,10-11H,1-2H3;/q;-1;. The number of hydrogen-bond acceptors (Lipinski definition) is 3. The SMILES string of the molecule is CC1(C)C(c2[c-]cccc2)=Nc2ccccc21.[Ir].c1ccc(-c2ccnc3c2ccc2c(-c4ccccc4)ccnc23)cc1. The molecule has 0 spiro atoms. The number of rotatable bonds is 3. The Bertz CT molecular complexity index is 1990. The third-order valence-corrected chi connectivity index (χ3v) is 8.16. The molecule has 7 aromatic rings. The van der Waals surface area contributed by atoms with Crippen LogP contribution in [0.3, 0.4) is 0 Å². The van der Waals surface area contributed by atoms with Gasteiger partial charge in [0, 0.05) is 48.7 Å². The van der Waals surface area contributed by atoms with E-state index in [4.69, 9.17) is 4.99 Å². The molecule has 5 aromatic carbocycles. The number of benzene rings is 5. The molecular weight excluding hydrogens is 715 g/mol. The molecule has 8 rings (SSSR count). The molecule has 0 N–H and O–H groups in total. The maximum atomic E-state index is 4.76. The van der Waals surface area contributed by atoms with Crippen molar-refractivity contribution in [3.63, 3.8) is 0 Å². The van der Waals surface area contributed by atoms with E-state index in [0.29, 0.717) is 0 Å². The van der Waals surface area contributed by atoms with E-state index in [1.165, 1.54) is 27.8 Å². The third kappa shape index (κ3) is 5.39. The van der Waals surface area contributed by atoms with Crippen LogP contribution in [0.4, 0.5) is 5.69 Å². The largest absolute Gasteiger partial charge is 0.300 e. The van der Waals surface area contributed by atoms with Gasteiger partial charge in [0.2, 0.25) is 0 Å². The Kier molecular flexibility index (Phi) is 8.30. The number of aromatic nitrogens is 2. The summed E-state index contributed by atoms with van der Waals surface area (Å²) in [5.74, 6) is 0. The molecule has 0 atom stereocenters. The fraction of sp³-hybridized carbons (Fsp3) is 0.0750. The molecule has 0 amide bonds. The molecule has 215 valence electrons. The molecule has 44 heavy (non-hydrogen) atoms. The molecule has 1 aliphatic rings. The van der Waals surface area contributed by atoms with Gasteiger partial charge in [-0.1, -0.05) is 105 Å². The molecule has 0 bridgehead atoms. The van der Waals surface area contributed by atoms with Crippen molar-refractivity contribution < 1.29 is 20.1 Å². The van der Waals surface area contributed by atoms with Gasteiger partial charge in [-0.3, -0.25) is 15.0 Å². The van der Waals surface area contributed by atoms with Gasteiger partial charge in [-0.2, -0.15) is 0 Å². The van der Waals surface area contributed by atoms with E-state index in [2.05, 4.69) is 127 Å². The quantitative estimate of drug-likeness (QED) is 0.134. The summed E-state index contributed by atoms with van der Waals surface area (Å²) in [6, 6.07) is 49.0. The molecule has 1 aliphatic heterocycles. The molecule has 1 radical (unpaired) electrons. The summed E-state index contributed by atoms with van der Waals surface area (Å²) >= 11 is 0. The summed E-state index contributed by atoms with van der Waals surface area (Å²) in [7, 11) is 0. The summed E-state index contributed by atoms with van der Waals surface area (Å²) in [5, 5.41) is 2.26. The molecule has 3 nitrogen and oxygen atoms in total. The van der Waals surface area contributed by atoms with Gasteiger partial charge in [0.25, 0.3) is 0 Å². The van der Waals surface area contributed by atoms with Crippen LogP contribution >= 0.6 is 0 Å². The Morgan fingerprint density at radius 3 is 1.59 bits per heavy atom. The van der Waals surface area contributed by atoms with Crippen molar-refractivity contribution in [3.05, 3.63) is 163 Å². The molecule has 0 saturated heterocycles. The first-order valence-electron chi connectivity index (χ1n) is 14.5. The summed E-state index contributed by atoms with van der Waals surface area (Å²) in [5.41, 5.74) is 11.2. The average Bonchev–Trinajstić information content (AvgIpc) is 3.35. The monoisotopic (exact) mass is 745 g/mol. The summed E-state index contributed by atoms with van der Waals surface area (Å²) in [6.07, 6.45) is 3.75. The predicted octanol–water partition coefficient (Wildman–Crippen LogP) is 10.0. The molecule has 0 fully saturated rings. The van der Waals surface area contributed by atoms with Crippen molar-refractivity contribution in [2.24, 2.45) is 4.99 Å². The van der Waals surface area contributed by atoms with Crippen molar-refractivity contribution in [2.45, 2.75) is 19.3 Å². The van der Waals surface area contributed by atoms with Gasteiger partial charge >= 0.3 is 0 Å². The maximum Gasteiger partial charge on any atom is 0.0970 e. The summed E-state index contributed by atoms with van der Waals surface area (Å²) < 4.78 is 0. The molecule has 2 aromatic heterocycles. The number of para-hydroxylation sites is 1. The van der Waals surface area contributed by atoms with E-state index < -0.39 is 0 Å². The van der Waals surface area contributed by atoms with E-state index >= 15 is 0 Å². The van der Waals surface area contributed by atoms with Crippen molar-refractivity contribution in [2.75, 3.05) is 0 Å². The van der Waals surface area contributed by atoms with E-state index in [-0.39, 0.29) is 25.5 Å². The minimum absolute atomic E-state index is 0. The topological polar surface area (TPSA) is 38.1 Å². The van der Waals surface area contributed by atoms with Crippen molar-refractivity contribution in [1.29, 1.82) is 0 Å². The minimum Gasteiger partial charge on any atom is -0.300 e. The van der Waals surface area contributed by atoms with Crippen molar-refractivity contribution in [1.82, 2.24) is 9.97 Å². The number of fused-ring (bicyclic) bond motifs is 4. The smallest absolute Gasteiger partial charge is 0.0970 e. The Labute approximate surface area is 271 Å². The molecule has 0 saturated carbocycles. The zero-order chi connectivity index (χ0) is 29.2. The molecular formula is C40H30IrN3-. The molecule has 0 unspecified atom stereocenters. The number of hydrogen-bond donors (Lipinski definition) is 0. The zero-order valence-electron chi connectivity index (χ0n) is 24.5. The number of aliphatic imine (C=N–C) groups is 1. The van der Waals surface area contributed by atoms with E-state index in [0.717, 1.165) is 38.8 Å². The van der Waals surface area contributed by atoms with Gasteiger partial charge in [-0.25, -0.2) is 0 Å². The van der Waals surface area contributed by atoms with Crippen LogP contribution in [-0.4, -0.2) is 15.7 Å². The number of pyridine rings is 2. The first kappa shape index (κ1) is 29.3. The first-order chi connectivity index (χ1) is 21.1. The van der Waals surface area contributed by atoms with Crippen LogP contribution in [0.25, 0.3) is 44.1 Å². The fourth-order valence-electron chi connectivity index (χ4n) is 5.99. The zero-order valence-corrected chi connectivity index (χ0v) is 26.9. The van der Waals surface area contributed by atoms with Crippen LogP contribution in [0.2, 0.25) is 0 Å². The third-order valence-electron chi connectivity index (χ3n) is 8.16. The second kappa shape index (κ2) is 12.5. The Balaban J connectivity index is 0.000000166. The van der Waals surface area contributed by atoms with Crippen LogP contribution in [0, 0.1) is 6.07 Å². The van der Waals surface area contributed by atoms with Gasteiger partial charge in [0.05, 0.1) is 16.7 Å². The molecule has 0 aliphatic carbocycles. The predicted molar refractivity (Wildman–Crippen MR) is 179 cm³/mol. The van der Waals surface area contributed by atoms with Gasteiger partial charge in [0.1, 0.15) is 0 Å². The van der Waals surface area contributed by atoms with Gasteiger partial charge in [-0.15, -0.1) is 35.9 Å². The Morgan fingerprint density at radius 1 is 0.545 bits per heavy atom. The van der Waals surface area contributed by atoms with Crippen LogP contribution in [0.5, 0.6) is 0 Å². The maximum absolute atomic E-state index is 4.76. The van der Waals surface area contributed by atoms with Crippen LogP contribution in [0.15, 0.2) is 151 Å². The second-order valence-corrected chi connectivity index (χ2v) is 11.2. The Hall–Kier alpha value is -4.76. The molecule has 4 heteroatoms. The van der Waals surface area contributed by atoms with Crippen LogP contribution in [0.1, 0.15) is 25.0 Å². The summed E-state index contributed by atoms with van der Waals surface area (Å²) in [4.78, 5) is 14.1. The van der Waals surface area contributed by atoms with Crippen LogP contribution < -0.4 is 0 Å². The van der Waals surface area contributed by atoms with E-state index in [9.17, 15) is 0 Å². The fourth-order valence-corrected chi connectivity index (χ4v) is 5.99. The normalized spacial score (nSPS) is 12.9. The van der Waals surface area contributed by atoms with Gasteiger partial charge in [-0.05, 0) is 51.7 Å². The summed E-state index contributed by atoms with van der Waals surface area (Å²) in [6.45, 7) is 4.44. The van der Waals surface area contributed by atoms with Crippen molar-refractivity contribution in [3.8, 4) is 22.3 Å². The van der Waals surface area contributed by atoms with Gasteiger partial charge < -0.3 is 0 Å². The Morgan fingerprint density at radius 2 is 1.07 bits per heavy atom. The van der Waals surface area contributed by atoms with Crippen LogP contribution in [-0.2, 0) is 25.5 Å². The van der Waals surface area contributed by atoms with Gasteiger partial charge in [0.15, 0.2) is 0 Å².